The van der Waals surface area contributed by atoms with Gasteiger partial charge in [0.15, 0.2) is 5.78 Å². The number of carbonyl (C=O) groups is 2. The Kier molecular flexibility index (Phi) is 4.70. The summed E-state index contributed by atoms with van der Waals surface area (Å²) in [5.41, 5.74) is 6.54. The number of likely N-dealkylation sites (tertiary alicyclic amines) is 1. The van der Waals surface area contributed by atoms with E-state index in [0.29, 0.717) is 17.8 Å². The summed E-state index contributed by atoms with van der Waals surface area (Å²) in [7, 11) is 0. The number of carbonyl (C=O) groups excluding carboxylic acids is 2. The standard InChI is InChI=1S/C19H29N3O2/c1-11(20)19(24)17(9-14-5-4-6-14)21-12(2)18-16-8-7-15(16)10-22(18)13(3)23/h14-18,21H,1-2,4-10,20H2,3H3/t15-,16-,17?,18?/m0/s1. The van der Waals surface area contributed by atoms with Gasteiger partial charge in [-0.2, -0.15) is 0 Å². The lowest BCUT2D eigenvalue weighted by Gasteiger charge is -2.37. The Bertz CT molecular complexity index is 567. The number of fused-ring (bicyclic) bond motifs is 1. The minimum Gasteiger partial charge on any atom is -0.396 e. The SMILES string of the molecule is C=C(N)C(=O)C(CC1CCC1)NC(=C)C1[C@H]2CC[C@H]2CN1C(C)=O. The second-order valence-corrected chi connectivity index (χ2v) is 7.76. The molecule has 3 rings (SSSR count). The average molecular weight is 331 g/mol. The Labute approximate surface area is 144 Å². The summed E-state index contributed by atoms with van der Waals surface area (Å²) in [5.74, 6) is 1.59. The molecule has 4 atom stereocenters. The summed E-state index contributed by atoms with van der Waals surface area (Å²) in [6.07, 6.45) is 6.66. The van der Waals surface area contributed by atoms with Crippen molar-refractivity contribution in [2.24, 2.45) is 23.5 Å². The molecule has 1 aliphatic heterocycles. The summed E-state index contributed by atoms with van der Waals surface area (Å²) in [6, 6.07) is -0.364. The van der Waals surface area contributed by atoms with Crippen molar-refractivity contribution in [2.75, 3.05) is 6.54 Å². The second kappa shape index (κ2) is 6.61. The van der Waals surface area contributed by atoms with Gasteiger partial charge in [0.25, 0.3) is 0 Å². The molecular weight excluding hydrogens is 302 g/mol. The Balaban J connectivity index is 1.70. The maximum absolute atomic E-state index is 12.4. The Hall–Kier alpha value is -1.78. The van der Waals surface area contributed by atoms with Gasteiger partial charge in [0.2, 0.25) is 5.91 Å². The van der Waals surface area contributed by atoms with Crippen molar-refractivity contribution in [3.8, 4) is 0 Å². The van der Waals surface area contributed by atoms with Crippen LogP contribution in [0.2, 0.25) is 0 Å². The lowest BCUT2D eigenvalue weighted by Crippen LogP contribution is -2.48. The van der Waals surface area contributed by atoms with Crippen LogP contribution in [0.3, 0.4) is 0 Å². The van der Waals surface area contributed by atoms with E-state index in [-0.39, 0.29) is 29.5 Å². The predicted octanol–water partition coefficient (Wildman–Crippen LogP) is 1.95. The minimum absolute atomic E-state index is 0.00369. The van der Waals surface area contributed by atoms with Crippen LogP contribution in [-0.2, 0) is 9.59 Å². The summed E-state index contributed by atoms with van der Waals surface area (Å²) < 4.78 is 0. The maximum atomic E-state index is 12.4. The van der Waals surface area contributed by atoms with Gasteiger partial charge in [0.1, 0.15) is 0 Å². The molecule has 2 saturated carbocycles. The number of nitrogens with two attached hydrogens (primary N) is 1. The first-order valence-electron chi connectivity index (χ1n) is 9.09. The number of nitrogens with zero attached hydrogens (tertiary/aromatic N) is 1. The number of hydrogen-bond acceptors (Lipinski definition) is 4. The van der Waals surface area contributed by atoms with Gasteiger partial charge in [-0.25, -0.2) is 0 Å². The highest BCUT2D eigenvalue weighted by atomic mass is 16.2. The Morgan fingerprint density at radius 1 is 1.25 bits per heavy atom. The van der Waals surface area contributed by atoms with Crippen LogP contribution in [0.4, 0.5) is 0 Å². The molecule has 3 fully saturated rings. The van der Waals surface area contributed by atoms with Crippen LogP contribution in [0.15, 0.2) is 24.6 Å². The number of ketones is 1. The smallest absolute Gasteiger partial charge is 0.220 e. The largest absolute Gasteiger partial charge is 0.396 e. The predicted molar refractivity (Wildman–Crippen MR) is 93.7 cm³/mol. The van der Waals surface area contributed by atoms with Crippen LogP contribution in [-0.4, -0.2) is 35.2 Å². The highest BCUT2D eigenvalue weighted by molar-refractivity contribution is 5.98. The number of amides is 1. The molecule has 0 aromatic heterocycles. The first kappa shape index (κ1) is 17.1. The highest BCUT2D eigenvalue weighted by Gasteiger charge is 2.49. The molecule has 1 amide bonds. The molecule has 3 aliphatic rings. The zero-order valence-corrected chi connectivity index (χ0v) is 14.6. The second-order valence-electron chi connectivity index (χ2n) is 7.76. The molecular formula is C19H29N3O2. The van der Waals surface area contributed by atoms with Crippen LogP contribution in [0.25, 0.3) is 0 Å². The van der Waals surface area contributed by atoms with Crippen LogP contribution in [0.1, 0.15) is 45.4 Å². The van der Waals surface area contributed by atoms with Crippen molar-refractivity contribution in [2.45, 2.75) is 57.5 Å². The molecule has 2 aliphatic carbocycles. The highest BCUT2D eigenvalue weighted by Crippen LogP contribution is 2.46. The van der Waals surface area contributed by atoms with Crippen molar-refractivity contribution >= 4 is 11.7 Å². The van der Waals surface area contributed by atoms with E-state index >= 15 is 0 Å². The normalized spacial score (nSPS) is 29.9. The topological polar surface area (TPSA) is 75.4 Å². The molecule has 0 spiro atoms. The van der Waals surface area contributed by atoms with Crippen LogP contribution < -0.4 is 11.1 Å². The third-order valence-electron chi connectivity index (χ3n) is 6.20. The van der Waals surface area contributed by atoms with Crippen molar-refractivity contribution in [3.63, 3.8) is 0 Å². The van der Waals surface area contributed by atoms with Gasteiger partial charge in [-0.1, -0.05) is 32.4 Å². The van der Waals surface area contributed by atoms with E-state index < -0.39 is 0 Å². The molecule has 3 N–H and O–H groups in total. The monoisotopic (exact) mass is 331 g/mol. The summed E-state index contributed by atoms with van der Waals surface area (Å²) in [5, 5.41) is 3.33. The number of nitrogens with one attached hydrogen (secondary N) is 1. The van der Waals surface area contributed by atoms with E-state index in [1.54, 1.807) is 6.92 Å². The van der Waals surface area contributed by atoms with Gasteiger partial charge in [-0.05, 0) is 37.0 Å². The van der Waals surface area contributed by atoms with Crippen molar-refractivity contribution in [1.29, 1.82) is 0 Å². The van der Waals surface area contributed by atoms with Gasteiger partial charge in [-0.15, -0.1) is 0 Å². The quantitative estimate of drug-likeness (QED) is 0.699. The van der Waals surface area contributed by atoms with Gasteiger partial charge < -0.3 is 16.0 Å². The average Bonchev–Trinajstić information content (AvgIpc) is 2.71. The molecule has 5 heteroatoms. The Morgan fingerprint density at radius 3 is 2.42 bits per heavy atom. The van der Waals surface area contributed by atoms with E-state index in [1.807, 2.05) is 4.90 Å². The number of Topliss-reactive ketones (excluding diaryl/α,β-unsaturated/α-hetero) is 1. The summed E-state index contributed by atoms with van der Waals surface area (Å²) in [4.78, 5) is 26.3. The van der Waals surface area contributed by atoms with Crippen molar-refractivity contribution < 1.29 is 9.59 Å². The van der Waals surface area contributed by atoms with Gasteiger partial charge in [-0.3, -0.25) is 9.59 Å². The molecule has 1 saturated heterocycles. The number of hydrogen-bond donors (Lipinski definition) is 2. The third-order valence-corrected chi connectivity index (χ3v) is 6.20. The van der Waals surface area contributed by atoms with Crippen LogP contribution in [0, 0.1) is 17.8 Å². The van der Waals surface area contributed by atoms with E-state index in [0.717, 1.165) is 25.1 Å². The molecule has 2 unspecified atom stereocenters. The van der Waals surface area contributed by atoms with Crippen LogP contribution >= 0.6 is 0 Å². The fourth-order valence-corrected chi connectivity index (χ4v) is 4.43. The first-order valence-corrected chi connectivity index (χ1v) is 9.09. The zero-order chi connectivity index (χ0) is 17.4. The first-order chi connectivity index (χ1) is 11.4. The van der Waals surface area contributed by atoms with Crippen LogP contribution in [0.5, 0.6) is 0 Å². The molecule has 0 radical (unpaired) electrons. The lowest BCUT2D eigenvalue weighted by atomic mass is 9.72. The third kappa shape index (κ3) is 3.08. The Morgan fingerprint density at radius 2 is 1.96 bits per heavy atom. The maximum Gasteiger partial charge on any atom is 0.220 e. The van der Waals surface area contributed by atoms with E-state index in [4.69, 9.17) is 5.73 Å². The van der Waals surface area contributed by atoms with Crippen molar-refractivity contribution in [1.82, 2.24) is 10.2 Å². The minimum atomic E-state index is -0.367. The fraction of sp³-hybridized carbons (Fsp3) is 0.684. The molecule has 0 aromatic rings. The van der Waals surface area contributed by atoms with E-state index in [9.17, 15) is 9.59 Å². The van der Waals surface area contributed by atoms with Gasteiger partial charge in [0, 0.05) is 19.2 Å². The van der Waals surface area contributed by atoms with E-state index in [1.165, 1.54) is 25.7 Å². The fourth-order valence-electron chi connectivity index (χ4n) is 4.43. The molecule has 5 nitrogen and oxygen atoms in total. The van der Waals surface area contributed by atoms with Crippen molar-refractivity contribution in [3.05, 3.63) is 24.6 Å². The van der Waals surface area contributed by atoms with Gasteiger partial charge >= 0.3 is 0 Å². The van der Waals surface area contributed by atoms with Gasteiger partial charge in [0.05, 0.1) is 17.8 Å². The van der Waals surface area contributed by atoms with E-state index in [2.05, 4.69) is 18.5 Å². The molecule has 24 heavy (non-hydrogen) atoms. The number of rotatable bonds is 7. The summed E-state index contributed by atoms with van der Waals surface area (Å²) in [6.45, 7) is 10.2. The molecule has 1 heterocycles. The molecule has 0 aromatic carbocycles. The lowest BCUT2D eigenvalue weighted by molar-refractivity contribution is -0.129. The molecule has 132 valence electrons. The summed E-state index contributed by atoms with van der Waals surface area (Å²) >= 11 is 0. The molecule has 0 bridgehead atoms. The zero-order valence-electron chi connectivity index (χ0n) is 14.6.